The summed E-state index contributed by atoms with van der Waals surface area (Å²) < 4.78 is 7.24. The first-order valence-electron chi connectivity index (χ1n) is 12.8. The number of rotatable bonds is 6. The van der Waals surface area contributed by atoms with Crippen LogP contribution in [-0.2, 0) is 17.8 Å². The van der Waals surface area contributed by atoms with E-state index in [2.05, 4.69) is 55.6 Å². The smallest absolute Gasteiger partial charge is 0.170 e. The number of aliphatic hydroxyl groups excluding tert-OH is 1. The van der Waals surface area contributed by atoms with Gasteiger partial charge in [0.15, 0.2) is 11.9 Å². The minimum absolute atomic E-state index is 0.487. The van der Waals surface area contributed by atoms with Gasteiger partial charge in [-0.05, 0) is 29.3 Å². The Balaban J connectivity index is 1.20. The van der Waals surface area contributed by atoms with Gasteiger partial charge in [0.2, 0.25) is 0 Å². The van der Waals surface area contributed by atoms with Crippen LogP contribution in [0.4, 0.5) is 17.2 Å². The van der Waals surface area contributed by atoms with Crippen LogP contribution in [0.5, 0.6) is 0 Å². The molecule has 1 fully saturated rings. The Labute approximate surface area is 219 Å². The van der Waals surface area contributed by atoms with Gasteiger partial charge in [0.1, 0.15) is 11.5 Å². The number of nitrogens with zero attached hydrogens (tertiary/aromatic N) is 6. The van der Waals surface area contributed by atoms with Gasteiger partial charge in [0.25, 0.3) is 0 Å². The number of aliphatic hydroxyl groups is 1. The van der Waals surface area contributed by atoms with Crippen molar-refractivity contribution in [1.82, 2.24) is 24.8 Å². The van der Waals surface area contributed by atoms with Crippen molar-refractivity contribution in [1.29, 1.82) is 0 Å². The Morgan fingerprint density at radius 1 is 0.947 bits per heavy atom. The molecule has 3 N–H and O–H groups in total. The predicted octanol–water partition coefficient (Wildman–Crippen LogP) is 3.58. The van der Waals surface area contributed by atoms with Crippen molar-refractivity contribution in [2.75, 3.05) is 41.4 Å². The lowest BCUT2D eigenvalue weighted by atomic mass is 10.1. The van der Waals surface area contributed by atoms with Crippen molar-refractivity contribution in [2.24, 2.45) is 0 Å². The van der Waals surface area contributed by atoms with Gasteiger partial charge in [-0.3, -0.25) is 5.10 Å². The summed E-state index contributed by atoms with van der Waals surface area (Å²) in [6.45, 7) is 4.75. The molecule has 7 rings (SSSR count). The second-order valence-electron chi connectivity index (χ2n) is 9.65. The normalized spacial score (nSPS) is 16.1. The first kappa shape index (κ1) is 22.8. The third kappa shape index (κ3) is 4.23. The van der Waals surface area contributed by atoms with E-state index in [0.717, 1.165) is 67.8 Å². The Morgan fingerprint density at radius 3 is 2.53 bits per heavy atom. The van der Waals surface area contributed by atoms with Gasteiger partial charge in [-0.2, -0.15) is 10.2 Å². The number of benzene rings is 2. The van der Waals surface area contributed by atoms with E-state index in [1.165, 1.54) is 11.1 Å². The molecule has 0 aliphatic carbocycles. The predicted molar refractivity (Wildman–Crippen MR) is 145 cm³/mol. The first-order chi connectivity index (χ1) is 18.7. The third-order valence-corrected chi connectivity index (χ3v) is 7.20. The summed E-state index contributed by atoms with van der Waals surface area (Å²) in [5.74, 6) is 0.858. The third-order valence-electron chi connectivity index (χ3n) is 7.20. The molecule has 5 heterocycles. The van der Waals surface area contributed by atoms with Crippen LogP contribution in [0.25, 0.3) is 16.9 Å². The van der Waals surface area contributed by atoms with Gasteiger partial charge in [-0.25, -0.2) is 9.50 Å². The van der Waals surface area contributed by atoms with E-state index >= 15 is 0 Å². The van der Waals surface area contributed by atoms with Gasteiger partial charge in [-0.1, -0.05) is 30.3 Å². The Morgan fingerprint density at radius 2 is 1.76 bits per heavy atom. The maximum Gasteiger partial charge on any atom is 0.170 e. The summed E-state index contributed by atoms with van der Waals surface area (Å²) in [5.41, 5.74) is 7.43. The number of anilines is 3. The molecule has 1 saturated heterocycles. The lowest BCUT2D eigenvalue weighted by Crippen LogP contribution is -2.36. The Hall–Kier alpha value is -4.41. The number of fused-ring (bicyclic) bond motifs is 2. The molecule has 2 aliphatic heterocycles. The standard InChI is InChI=1S/C28H28N8O2/c37-28(31-22-6-3-7-23(12-22)34-8-10-38-11-9-34)24-13-27-32-26(35-17-19-4-1-2-5-20(19)18-35)14-25(36(27)33-24)21-15-29-30-16-21/h1-7,12-16,28,31,37H,8-11,17-18H2,(H,29,30). The molecule has 3 aromatic heterocycles. The van der Waals surface area contributed by atoms with E-state index in [-0.39, 0.29) is 0 Å². The van der Waals surface area contributed by atoms with E-state index in [0.29, 0.717) is 11.3 Å². The fourth-order valence-corrected chi connectivity index (χ4v) is 5.21. The molecular formula is C28H28N8O2. The molecule has 192 valence electrons. The highest BCUT2D eigenvalue weighted by molar-refractivity contribution is 5.67. The van der Waals surface area contributed by atoms with Crippen molar-refractivity contribution in [3.8, 4) is 11.3 Å². The number of ether oxygens (including phenoxy) is 1. The lowest BCUT2D eigenvalue weighted by Gasteiger charge is -2.29. The maximum atomic E-state index is 11.1. The van der Waals surface area contributed by atoms with Gasteiger partial charge in [0.05, 0.1) is 25.1 Å². The van der Waals surface area contributed by atoms with Crippen molar-refractivity contribution < 1.29 is 9.84 Å². The number of hydrogen-bond donors (Lipinski definition) is 3. The summed E-state index contributed by atoms with van der Waals surface area (Å²) in [4.78, 5) is 9.47. The number of nitrogens with one attached hydrogen (secondary N) is 2. The molecule has 1 unspecified atom stereocenters. The summed E-state index contributed by atoms with van der Waals surface area (Å²) in [6, 6.07) is 20.4. The van der Waals surface area contributed by atoms with E-state index in [9.17, 15) is 5.11 Å². The minimum atomic E-state index is -1.01. The highest BCUT2D eigenvalue weighted by Gasteiger charge is 2.23. The highest BCUT2D eigenvalue weighted by atomic mass is 16.5. The number of aromatic nitrogens is 5. The van der Waals surface area contributed by atoms with E-state index in [4.69, 9.17) is 14.8 Å². The molecule has 2 aliphatic rings. The number of morpholine rings is 1. The van der Waals surface area contributed by atoms with Crippen LogP contribution < -0.4 is 15.1 Å². The molecule has 10 nitrogen and oxygen atoms in total. The SMILES string of the molecule is OC(Nc1cccc(N2CCOCC2)c1)c1cc2nc(N3Cc4ccccc4C3)cc(-c3cn[nH]c3)n2n1. The summed E-state index contributed by atoms with van der Waals surface area (Å²) in [6.07, 6.45) is 2.60. The topological polar surface area (TPSA) is 107 Å². The van der Waals surface area contributed by atoms with Crippen molar-refractivity contribution in [3.05, 3.63) is 89.9 Å². The van der Waals surface area contributed by atoms with Crippen LogP contribution in [0.3, 0.4) is 0 Å². The molecule has 0 saturated carbocycles. The van der Waals surface area contributed by atoms with Crippen molar-refractivity contribution >= 4 is 22.8 Å². The lowest BCUT2D eigenvalue weighted by molar-refractivity contribution is 0.122. The van der Waals surface area contributed by atoms with Crippen LogP contribution in [0, 0.1) is 0 Å². The molecular weight excluding hydrogens is 480 g/mol. The number of aromatic amines is 1. The minimum Gasteiger partial charge on any atom is -0.378 e. The molecule has 38 heavy (non-hydrogen) atoms. The van der Waals surface area contributed by atoms with Gasteiger partial charge in [0, 0.05) is 61.4 Å². The van der Waals surface area contributed by atoms with E-state index in [1.807, 2.05) is 36.5 Å². The second-order valence-corrected chi connectivity index (χ2v) is 9.65. The monoisotopic (exact) mass is 508 g/mol. The Kier molecular flexibility index (Phi) is 5.67. The van der Waals surface area contributed by atoms with Crippen molar-refractivity contribution in [2.45, 2.75) is 19.3 Å². The molecule has 2 aromatic carbocycles. The van der Waals surface area contributed by atoms with E-state index < -0.39 is 6.23 Å². The van der Waals surface area contributed by atoms with Crippen LogP contribution in [0.2, 0.25) is 0 Å². The second kappa shape index (κ2) is 9.47. The van der Waals surface area contributed by atoms with Gasteiger partial charge in [-0.15, -0.1) is 0 Å². The summed E-state index contributed by atoms with van der Waals surface area (Å²) in [5, 5.41) is 26.1. The molecule has 0 radical (unpaired) electrons. The van der Waals surface area contributed by atoms with Gasteiger partial charge < -0.3 is 25.0 Å². The van der Waals surface area contributed by atoms with Crippen LogP contribution >= 0.6 is 0 Å². The molecule has 0 bridgehead atoms. The maximum absolute atomic E-state index is 11.1. The zero-order chi connectivity index (χ0) is 25.5. The average molecular weight is 509 g/mol. The van der Waals surface area contributed by atoms with Crippen LogP contribution in [0.15, 0.2) is 73.1 Å². The zero-order valence-electron chi connectivity index (χ0n) is 20.8. The van der Waals surface area contributed by atoms with Crippen molar-refractivity contribution in [3.63, 3.8) is 0 Å². The van der Waals surface area contributed by atoms with E-state index in [1.54, 1.807) is 10.7 Å². The number of hydrogen-bond acceptors (Lipinski definition) is 8. The quantitative estimate of drug-likeness (QED) is 0.299. The summed E-state index contributed by atoms with van der Waals surface area (Å²) >= 11 is 0. The zero-order valence-corrected chi connectivity index (χ0v) is 20.8. The Bertz CT molecular complexity index is 1550. The average Bonchev–Trinajstić information content (AvgIpc) is 3.73. The largest absolute Gasteiger partial charge is 0.378 e. The summed E-state index contributed by atoms with van der Waals surface area (Å²) in [7, 11) is 0. The fourth-order valence-electron chi connectivity index (χ4n) is 5.21. The molecule has 0 amide bonds. The molecule has 0 spiro atoms. The van der Waals surface area contributed by atoms with Crippen LogP contribution in [-0.4, -0.2) is 56.2 Å². The molecule has 10 heteroatoms. The molecule has 5 aromatic rings. The fraction of sp³-hybridized carbons (Fsp3) is 0.250. The highest BCUT2D eigenvalue weighted by Crippen LogP contribution is 2.31. The number of H-pyrrole nitrogens is 1. The molecule has 1 atom stereocenters. The first-order valence-corrected chi connectivity index (χ1v) is 12.8. The van der Waals surface area contributed by atoms with Gasteiger partial charge >= 0.3 is 0 Å². The van der Waals surface area contributed by atoms with Crippen LogP contribution in [0.1, 0.15) is 23.0 Å².